The number of aryl methyl sites for hydroxylation is 1. The lowest BCUT2D eigenvalue weighted by Crippen LogP contribution is -2.65. The number of carbonyl (C=O) groups excluding carboxylic acids is 4. The summed E-state index contributed by atoms with van der Waals surface area (Å²) in [5, 5.41) is 107. The zero-order valence-corrected chi connectivity index (χ0v) is 34.6. The van der Waals surface area contributed by atoms with Gasteiger partial charge in [0.05, 0.1) is 49.2 Å². The number of nitrogens with one attached hydrogen (secondary N) is 3. The van der Waals surface area contributed by atoms with Crippen LogP contribution in [0.2, 0.25) is 0 Å². The number of phenolic OH excluding ortho intramolecular Hbond substituents is 3. The van der Waals surface area contributed by atoms with Crippen LogP contribution in [0, 0.1) is 6.92 Å². The molecule has 340 valence electrons. The highest BCUT2D eigenvalue weighted by atomic mass is 16.7. The summed E-state index contributed by atoms with van der Waals surface area (Å²) in [7, 11) is 2.81. The normalized spacial score (nSPS) is 29.2. The number of hydrogen-bond acceptors (Lipinski definition) is 19. The highest BCUT2D eigenvalue weighted by Gasteiger charge is 2.51. The number of rotatable bonds is 11. The summed E-state index contributed by atoms with van der Waals surface area (Å²) in [5.41, 5.74) is -3.18. The number of fused-ring (bicyclic) bond motifs is 5. The molecule has 3 aromatic rings. The van der Waals surface area contributed by atoms with Crippen LogP contribution in [0.3, 0.4) is 0 Å². The Labute approximate surface area is 358 Å². The third kappa shape index (κ3) is 7.78. The van der Waals surface area contributed by atoms with E-state index < -0.39 is 143 Å². The van der Waals surface area contributed by atoms with Gasteiger partial charge in [-0.05, 0) is 56.6 Å². The largest absolute Gasteiger partial charge is 0.507 e. The maximum atomic E-state index is 14.2. The first-order chi connectivity index (χ1) is 29.9. The smallest absolute Gasteiger partial charge is 0.255 e. The Bertz CT molecular complexity index is 2340. The molecule has 0 aromatic heterocycles. The minimum absolute atomic E-state index is 0.0195. The van der Waals surface area contributed by atoms with Crippen LogP contribution in [0.1, 0.15) is 84.9 Å². The fourth-order valence-corrected chi connectivity index (χ4v) is 8.63. The molecule has 2 aliphatic heterocycles. The molecule has 7 rings (SSSR count). The van der Waals surface area contributed by atoms with Crippen LogP contribution in [-0.2, 0) is 23.7 Å². The van der Waals surface area contributed by atoms with Gasteiger partial charge in [-0.1, -0.05) is 6.07 Å². The fourth-order valence-electron chi connectivity index (χ4n) is 8.63. The van der Waals surface area contributed by atoms with E-state index in [4.69, 9.17) is 28.8 Å². The molecule has 2 amide bonds. The van der Waals surface area contributed by atoms with Crippen molar-refractivity contribution >= 4 is 23.4 Å². The van der Waals surface area contributed by atoms with Gasteiger partial charge in [0.2, 0.25) is 5.91 Å². The third-order valence-corrected chi connectivity index (χ3v) is 11.9. The van der Waals surface area contributed by atoms with Crippen LogP contribution >= 0.6 is 0 Å². The van der Waals surface area contributed by atoms with E-state index in [0.29, 0.717) is 0 Å². The van der Waals surface area contributed by atoms with E-state index in [9.17, 15) is 60.0 Å². The Morgan fingerprint density at radius 3 is 2.19 bits per heavy atom. The van der Waals surface area contributed by atoms with Gasteiger partial charge < -0.3 is 85.6 Å². The number of likely N-dealkylation sites (N-methyl/N-ethyl adjacent to an activating group) is 1. The van der Waals surface area contributed by atoms with Crippen LogP contribution < -0.4 is 20.7 Å². The standard InChI is InChI=1S/C42H49N3O18/c1-13-8-20-26(33(53)23(13)40(58)45-14(2)39(57)44-6-7-46)25-18(11-19-27(34(25)54)30(50)17-9-16(59-5)10-21(47)24(17)29(19)49)31(51)37(20)62-42-36(56)38(28(43-4)15(3)61-42)63-41-35(55)32(52)22(48)12-60-41/h8-11,14-15,22,28,31-32,35-38,41-43,46-48,51-56H,6-7,12H2,1-5H3,(H,44,57)(H,45,58)/t14-,15-,22-,28+,31+,32+,35-,36-,37+,38+,41+,42+/m1/s1. The molecule has 21 heteroatoms. The molecule has 2 saturated heterocycles. The Hall–Kier alpha value is -5.30. The number of carbonyl (C=O) groups is 4. The van der Waals surface area contributed by atoms with Gasteiger partial charge in [0.1, 0.15) is 71.8 Å². The van der Waals surface area contributed by atoms with Crippen molar-refractivity contribution < 1.29 is 88.8 Å². The van der Waals surface area contributed by atoms with Gasteiger partial charge >= 0.3 is 0 Å². The van der Waals surface area contributed by atoms with Crippen LogP contribution in [0.15, 0.2) is 24.3 Å². The number of methoxy groups -OCH3 is 1. The van der Waals surface area contributed by atoms with Crippen molar-refractivity contribution in [3.63, 3.8) is 0 Å². The van der Waals surface area contributed by atoms with Gasteiger partial charge in [-0.15, -0.1) is 0 Å². The number of aliphatic hydroxyl groups is 6. The summed E-state index contributed by atoms with van der Waals surface area (Å²) in [4.78, 5) is 54.7. The number of ketones is 2. The SMILES string of the molecule is CN[C@@H]1[C@H](O[C@@H]2OC[C@@H](O)[C@H](O)[C@H]2O)[C@@H](O)[C@H](O[C@H]2c3cc(C)c(C(=O)N[C@H](C)C(=O)NCCO)c(O)c3-c3c(cc4c(c3O)C(=O)c3cc(OC)cc(O)c3C4=O)[C@@H]2O)O[C@@H]1C. The summed E-state index contributed by atoms with van der Waals surface area (Å²) in [6.07, 6.45) is -15.5. The molecule has 0 spiro atoms. The van der Waals surface area contributed by atoms with Crippen LogP contribution in [0.4, 0.5) is 0 Å². The zero-order chi connectivity index (χ0) is 45.9. The molecule has 2 heterocycles. The molecule has 12 atom stereocenters. The topological polar surface area (TPSA) is 333 Å². The average molecular weight is 884 g/mol. The molecule has 2 fully saturated rings. The second-order valence-corrected chi connectivity index (χ2v) is 15.8. The molecule has 12 N–H and O–H groups in total. The van der Waals surface area contributed by atoms with Gasteiger partial charge in [0.15, 0.2) is 24.1 Å². The van der Waals surface area contributed by atoms with E-state index in [0.717, 1.165) is 12.1 Å². The van der Waals surface area contributed by atoms with E-state index >= 15 is 0 Å². The summed E-state index contributed by atoms with van der Waals surface area (Å²) < 4.78 is 29.1. The summed E-state index contributed by atoms with van der Waals surface area (Å²) in [6, 6.07) is 2.74. The molecule has 63 heavy (non-hydrogen) atoms. The maximum Gasteiger partial charge on any atom is 0.255 e. The minimum atomic E-state index is -1.89. The van der Waals surface area contributed by atoms with Crippen LogP contribution in [-0.4, -0.2) is 165 Å². The first-order valence-electron chi connectivity index (χ1n) is 20.0. The van der Waals surface area contributed by atoms with Gasteiger partial charge in [0, 0.05) is 34.9 Å². The van der Waals surface area contributed by atoms with Crippen molar-refractivity contribution in [1.29, 1.82) is 0 Å². The van der Waals surface area contributed by atoms with Crippen molar-refractivity contribution in [2.75, 3.05) is 33.9 Å². The average Bonchev–Trinajstić information content (AvgIpc) is 3.24. The summed E-state index contributed by atoms with van der Waals surface area (Å²) >= 11 is 0. The number of benzene rings is 3. The number of aromatic hydroxyl groups is 3. The van der Waals surface area contributed by atoms with E-state index in [2.05, 4.69) is 16.0 Å². The number of hydrogen-bond donors (Lipinski definition) is 12. The maximum absolute atomic E-state index is 14.2. The highest BCUT2D eigenvalue weighted by Crippen LogP contribution is 2.57. The van der Waals surface area contributed by atoms with Crippen molar-refractivity contribution in [3.8, 4) is 34.1 Å². The molecule has 3 aromatic carbocycles. The quantitative estimate of drug-likeness (QED) is 0.0808. The number of ether oxygens (including phenoxy) is 5. The van der Waals surface area contributed by atoms with Crippen molar-refractivity contribution in [1.82, 2.24) is 16.0 Å². The predicted molar refractivity (Wildman–Crippen MR) is 213 cm³/mol. The molecule has 0 radical (unpaired) electrons. The van der Waals surface area contributed by atoms with Gasteiger partial charge in [-0.3, -0.25) is 19.2 Å². The van der Waals surface area contributed by atoms with Crippen LogP contribution in [0.25, 0.3) is 11.1 Å². The molecule has 0 bridgehead atoms. The van der Waals surface area contributed by atoms with E-state index in [1.165, 1.54) is 33.1 Å². The lowest BCUT2D eigenvalue weighted by atomic mass is 9.74. The highest BCUT2D eigenvalue weighted by molar-refractivity contribution is 6.31. The molecule has 4 aliphatic rings. The van der Waals surface area contributed by atoms with Crippen LogP contribution in [0.5, 0.6) is 23.0 Å². The van der Waals surface area contributed by atoms with Crippen molar-refractivity contribution in [2.45, 2.75) is 94.3 Å². The Morgan fingerprint density at radius 1 is 0.857 bits per heavy atom. The van der Waals surface area contributed by atoms with E-state index in [1.54, 1.807) is 14.0 Å². The number of aliphatic hydroxyl groups excluding tert-OH is 6. The molecule has 2 aliphatic carbocycles. The summed E-state index contributed by atoms with van der Waals surface area (Å²) in [5.74, 6) is -5.76. The fraction of sp³-hybridized carbons (Fsp3) is 0.476. The van der Waals surface area contributed by atoms with E-state index in [1.807, 2.05) is 0 Å². The molecule has 0 saturated carbocycles. The Morgan fingerprint density at radius 2 is 1.52 bits per heavy atom. The Kier molecular flexibility index (Phi) is 12.8. The van der Waals surface area contributed by atoms with Gasteiger partial charge in [0.25, 0.3) is 5.91 Å². The Balaban J connectivity index is 1.35. The molecule has 21 nitrogen and oxygen atoms in total. The van der Waals surface area contributed by atoms with E-state index in [-0.39, 0.29) is 52.3 Å². The third-order valence-electron chi connectivity index (χ3n) is 11.9. The lowest BCUT2D eigenvalue weighted by molar-refractivity contribution is -0.339. The first-order valence-corrected chi connectivity index (χ1v) is 20.0. The zero-order valence-electron chi connectivity index (χ0n) is 34.6. The number of phenols is 3. The number of amides is 2. The van der Waals surface area contributed by atoms with Gasteiger partial charge in [-0.2, -0.15) is 0 Å². The second-order valence-electron chi connectivity index (χ2n) is 15.8. The predicted octanol–water partition coefficient (Wildman–Crippen LogP) is -1.59. The van der Waals surface area contributed by atoms with Crippen molar-refractivity contribution in [3.05, 3.63) is 68.8 Å². The van der Waals surface area contributed by atoms with Gasteiger partial charge in [-0.25, -0.2) is 0 Å². The van der Waals surface area contributed by atoms with Crippen molar-refractivity contribution in [2.24, 2.45) is 0 Å². The molecule has 0 unspecified atom stereocenters. The molecular weight excluding hydrogens is 834 g/mol. The minimum Gasteiger partial charge on any atom is -0.507 e. The monoisotopic (exact) mass is 883 g/mol. The second kappa shape index (κ2) is 17.7. The summed E-state index contributed by atoms with van der Waals surface area (Å²) in [6.45, 7) is 3.50. The first kappa shape index (κ1) is 45.7. The lowest BCUT2D eigenvalue weighted by Gasteiger charge is -2.47. The molecular formula is C42H49N3O18.